The van der Waals surface area contributed by atoms with E-state index in [9.17, 15) is 0 Å². The van der Waals surface area contributed by atoms with Crippen molar-refractivity contribution in [2.24, 2.45) is 0 Å². The van der Waals surface area contributed by atoms with E-state index in [1.807, 2.05) is 49.4 Å². The largest absolute Gasteiger partial charge is 0.490 e. The molecule has 0 amide bonds. The van der Waals surface area contributed by atoms with Gasteiger partial charge in [0, 0.05) is 9.80 Å². The number of ether oxygens (including phenoxy) is 2. The summed E-state index contributed by atoms with van der Waals surface area (Å²) in [6, 6.07) is 14.1. The van der Waals surface area contributed by atoms with Crippen LogP contribution in [0.15, 0.2) is 46.9 Å². The van der Waals surface area contributed by atoms with Crippen LogP contribution >= 0.6 is 31.9 Å². The monoisotopic (exact) mass is 398 g/mol. The van der Waals surface area contributed by atoms with Crippen LogP contribution in [0.1, 0.15) is 18.1 Å². The second kappa shape index (κ2) is 7.70. The third-order valence-electron chi connectivity index (χ3n) is 2.77. The van der Waals surface area contributed by atoms with Crippen LogP contribution in [0.4, 0.5) is 0 Å². The molecule has 0 saturated carbocycles. The molecule has 0 atom stereocenters. The molecule has 0 saturated heterocycles. The number of alkyl halides is 1. The third kappa shape index (κ3) is 4.25. The van der Waals surface area contributed by atoms with Crippen molar-refractivity contribution in [1.82, 2.24) is 0 Å². The molecule has 0 spiro atoms. The van der Waals surface area contributed by atoms with E-state index in [-0.39, 0.29) is 0 Å². The Hall–Kier alpha value is -1.00. The molecular weight excluding hydrogens is 384 g/mol. The van der Waals surface area contributed by atoms with E-state index >= 15 is 0 Å². The predicted octanol–water partition coefficient (Wildman–Crippen LogP) is 5.32. The molecule has 0 aliphatic heterocycles. The van der Waals surface area contributed by atoms with E-state index in [0.717, 1.165) is 26.9 Å². The summed E-state index contributed by atoms with van der Waals surface area (Å²) in [6.45, 7) is 3.13. The average molecular weight is 400 g/mol. The van der Waals surface area contributed by atoms with Crippen LogP contribution in [0, 0.1) is 0 Å². The van der Waals surface area contributed by atoms with Gasteiger partial charge in [0.25, 0.3) is 0 Å². The molecule has 2 rings (SSSR count). The van der Waals surface area contributed by atoms with E-state index < -0.39 is 0 Å². The van der Waals surface area contributed by atoms with Crippen molar-refractivity contribution in [3.8, 4) is 11.5 Å². The normalized spacial score (nSPS) is 10.3. The van der Waals surface area contributed by atoms with Gasteiger partial charge in [-0.15, -0.1) is 0 Å². The first-order chi connectivity index (χ1) is 9.72. The van der Waals surface area contributed by atoms with Crippen LogP contribution < -0.4 is 9.47 Å². The third-order valence-corrected chi connectivity index (χ3v) is 3.95. The van der Waals surface area contributed by atoms with Gasteiger partial charge in [0.2, 0.25) is 0 Å². The Kier molecular flexibility index (Phi) is 5.92. The van der Waals surface area contributed by atoms with Crippen LogP contribution in [0.5, 0.6) is 11.5 Å². The first-order valence-corrected chi connectivity index (χ1v) is 8.33. The maximum Gasteiger partial charge on any atom is 0.161 e. The van der Waals surface area contributed by atoms with Crippen LogP contribution in [0.2, 0.25) is 0 Å². The fourth-order valence-corrected chi connectivity index (χ4v) is 2.38. The van der Waals surface area contributed by atoms with Gasteiger partial charge in [0.1, 0.15) is 6.61 Å². The first kappa shape index (κ1) is 15.4. The zero-order chi connectivity index (χ0) is 14.4. The van der Waals surface area contributed by atoms with E-state index in [2.05, 4.69) is 31.9 Å². The molecule has 0 bridgehead atoms. The highest BCUT2D eigenvalue weighted by molar-refractivity contribution is 9.10. The Morgan fingerprint density at radius 2 is 1.60 bits per heavy atom. The highest BCUT2D eigenvalue weighted by Gasteiger charge is 2.06. The molecule has 0 radical (unpaired) electrons. The molecule has 0 aliphatic carbocycles. The summed E-state index contributed by atoms with van der Waals surface area (Å²) in [5, 5.41) is 0.806. The number of hydrogen-bond acceptors (Lipinski definition) is 2. The van der Waals surface area contributed by atoms with E-state index in [1.165, 1.54) is 5.56 Å². The summed E-state index contributed by atoms with van der Waals surface area (Å²) >= 11 is 6.87. The molecule has 0 heterocycles. The lowest BCUT2D eigenvalue weighted by Gasteiger charge is -2.13. The Balaban J connectivity index is 2.09. The number of rotatable bonds is 6. The minimum Gasteiger partial charge on any atom is -0.490 e. The molecule has 0 aliphatic rings. The first-order valence-electron chi connectivity index (χ1n) is 6.42. The topological polar surface area (TPSA) is 18.5 Å². The Bertz CT molecular complexity index is 553. The van der Waals surface area contributed by atoms with Gasteiger partial charge >= 0.3 is 0 Å². The molecule has 2 nitrogen and oxygen atoms in total. The van der Waals surface area contributed by atoms with Gasteiger partial charge in [-0.25, -0.2) is 0 Å². The summed E-state index contributed by atoms with van der Waals surface area (Å²) in [5.74, 6) is 1.57. The number of halogens is 2. The number of hydrogen-bond donors (Lipinski definition) is 0. The zero-order valence-electron chi connectivity index (χ0n) is 11.2. The standard InChI is InChI=1S/C16H16Br2O2/c1-2-19-16-9-13(10-17)5-8-15(16)20-11-12-3-6-14(18)7-4-12/h3-9H,2,10-11H2,1H3. The molecule has 0 N–H and O–H groups in total. The van der Waals surface area contributed by atoms with Crippen molar-refractivity contribution >= 4 is 31.9 Å². The smallest absolute Gasteiger partial charge is 0.161 e. The quantitative estimate of drug-likeness (QED) is 0.611. The highest BCUT2D eigenvalue weighted by atomic mass is 79.9. The summed E-state index contributed by atoms with van der Waals surface area (Å²) in [4.78, 5) is 0. The minimum atomic E-state index is 0.529. The SMILES string of the molecule is CCOc1cc(CBr)ccc1OCc1ccc(Br)cc1. The second-order valence-electron chi connectivity index (χ2n) is 4.26. The second-order valence-corrected chi connectivity index (χ2v) is 5.74. The van der Waals surface area contributed by atoms with Crippen molar-refractivity contribution in [3.05, 3.63) is 58.1 Å². The average Bonchev–Trinajstić information content (AvgIpc) is 2.48. The molecule has 4 heteroatoms. The molecule has 0 unspecified atom stereocenters. The maximum atomic E-state index is 5.86. The fourth-order valence-electron chi connectivity index (χ4n) is 1.76. The molecule has 106 valence electrons. The summed E-state index contributed by atoms with van der Waals surface area (Å²) in [5.41, 5.74) is 2.30. The highest BCUT2D eigenvalue weighted by Crippen LogP contribution is 2.30. The molecule has 0 fully saturated rings. The van der Waals surface area contributed by atoms with Crippen molar-refractivity contribution < 1.29 is 9.47 Å². The molecular formula is C16H16Br2O2. The van der Waals surface area contributed by atoms with Crippen LogP contribution in [0.25, 0.3) is 0 Å². The van der Waals surface area contributed by atoms with Crippen LogP contribution in [-0.4, -0.2) is 6.61 Å². The lowest BCUT2D eigenvalue weighted by Crippen LogP contribution is -2.00. The summed E-state index contributed by atoms with van der Waals surface area (Å²) in [6.07, 6.45) is 0. The van der Waals surface area contributed by atoms with E-state index in [4.69, 9.17) is 9.47 Å². The van der Waals surface area contributed by atoms with Crippen molar-refractivity contribution in [2.45, 2.75) is 18.9 Å². The lowest BCUT2D eigenvalue weighted by molar-refractivity contribution is 0.269. The number of benzene rings is 2. The van der Waals surface area contributed by atoms with Gasteiger partial charge in [-0.1, -0.05) is 50.1 Å². The minimum absolute atomic E-state index is 0.529. The van der Waals surface area contributed by atoms with Crippen molar-refractivity contribution in [2.75, 3.05) is 6.61 Å². The predicted molar refractivity (Wildman–Crippen MR) is 88.7 cm³/mol. The summed E-state index contributed by atoms with van der Waals surface area (Å²) < 4.78 is 12.6. The van der Waals surface area contributed by atoms with Gasteiger partial charge < -0.3 is 9.47 Å². The van der Waals surface area contributed by atoms with E-state index in [0.29, 0.717) is 13.2 Å². The van der Waals surface area contributed by atoms with Gasteiger partial charge in [-0.05, 0) is 42.3 Å². The maximum absolute atomic E-state index is 5.86. The zero-order valence-corrected chi connectivity index (χ0v) is 14.4. The van der Waals surface area contributed by atoms with Gasteiger partial charge in [0.15, 0.2) is 11.5 Å². The molecule has 0 aromatic heterocycles. The van der Waals surface area contributed by atoms with Gasteiger partial charge in [-0.2, -0.15) is 0 Å². The Labute approximate surface area is 136 Å². The lowest BCUT2D eigenvalue weighted by atomic mass is 10.2. The van der Waals surface area contributed by atoms with Crippen molar-refractivity contribution in [1.29, 1.82) is 0 Å². The molecule has 20 heavy (non-hydrogen) atoms. The van der Waals surface area contributed by atoms with Crippen LogP contribution in [0.3, 0.4) is 0 Å². The fraction of sp³-hybridized carbons (Fsp3) is 0.250. The Morgan fingerprint density at radius 1 is 0.900 bits per heavy atom. The summed E-state index contributed by atoms with van der Waals surface area (Å²) in [7, 11) is 0. The van der Waals surface area contributed by atoms with Gasteiger partial charge in [-0.3, -0.25) is 0 Å². The van der Waals surface area contributed by atoms with Crippen molar-refractivity contribution in [3.63, 3.8) is 0 Å². The molecule has 2 aromatic carbocycles. The van der Waals surface area contributed by atoms with E-state index in [1.54, 1.807) is 0 Å². The van der Waals surface area contributed by atoms with Crippen LogP contribution in [-0.2, 0) is 11.9 Å². The molecule has 2 aromatic rings. The van der Waals surface area contributed by atoms with Gasteiger partial charge in [0.05, 0.1) is 6.61 Å². The Morgan fingerprint density at radius 3 is 2.25 bits per heavy atom.